The standard InChI is InChI=1S/C14H17NO3/c1-3-18-14(17)12-11(9(2)15-13(12)16)10-7-5-4-6-8-10/h4-9,11-12H,3H2,1-2H3,(H,15,16)/t9-,11+,12-/m0/s1. The van der Waals surface area contributed by atoms with Gasteiger partial charge >= 0.3 is 5.97 Å². The molecule has 1 aliphatic rings. The van der Waals surface area contributed by atoms with Gasteiger partial charge in [-0.3, -0.25) is 9.59 Å². The van der Waals surface area contributed by atoms with E-state index >= 15 is 0 Å². The lowest BCUT2D eigenvalue weighted by Crippen LogP contribution is -2.28. The van der Waals surface area contributed by atoms with Gasteiger partial charge in [0.05, 0.1) is 6.61 Å². The van der Waals surface area contributed by atoms with Crippen molar-refractivity contribution < 1.29 is 14.3 Å². The van der Waals surface area contributed by atoms with Gasteiger partial charge in [0.25, 0.3) is 0 Å². The van der Waals surface area contributed by atoms with Crippen LogP contribution in [-0.4, -0.2) is 24.5 Å². The van der Waals surface area contributed by atoms with Crippen LogP contribution in [0.3, 0.4) is 0 Å². The van der Waals surface area contributed by atoms with E-state index in [0.717, 1.165) is 5.56 Å². The normalized spacial score (nSPS) is 26.8. The number of carbonyl (C=O) groups excluding carboxylic acids is 2. The molecular formula is C14H17NO3. The van der Waals surface area contributed by atoms with E-state index in [9.17, 15) is 9.59 Å². The van der Waals surface area contributed by atoms with Crippen LogP contribution in [0.15, 0.2) is 30.3 Å². The average Bonchev–Trinajstić information content (AvgIpc) is 2.65. The van der Waals surface area contributed by atoms with Crippen LogP contribution >= 0.6 is 0 Å². The molecule has 0 aliphatic carbocycles. The first-order chi connectivity index (χ1) is 8.65. The molecule has 2 rings (SSSR count). The Labute approximate surface area is 106 Å². The summed E-state index contributed by atoms with van der Waals surface area (Å²) >= 11 is 0. The Bertz CT molecular complexity index is 444. The number of hydrogen-bond donors (Lipinski definition) is 1. The van der Waals surface area contributed by atoms with E-state index in [4.69, 9.17) is 4.74 Å². The lowest BCUT2D eigenvalue weighted by molar-refractivity contribution is -0.151. The van der Waals surface area contributed by atoms with Crippen molar-refractivity contribution in [1.29, 1.82) is 0 Å². The van der Waals surface area contributed by atoms with Gasteiger partial charge in [-0.1, -0.05) is 30.3 Å². The van der Waals surface area contributed by atoms with Crippen molar-refractivity contribution in [1.82, 2.24) is 5.32 Å². The second kappa shape index (κ2) is 5.21. The van der Waals surface area contributed by atoms with Gasteiger partial charge in [0.15, 0.2) is 0 Å². The maximum atomic E-state index is 11.9. The number of carbonyl (C=O) groups is 2. The average molecular weight is 247 g/mol. The molecule has 0 spiro atoms. The predicted octanol–water partition coefficient (Wildman–Crippen LogP) is 1.47. The molecule has 3 atom stereocenters. The smallest absolute Gasteiger partial charge is 0.319 e. The summed E-state index contributed by atoms with van der Waals surface area (Å²) in [7, 11) is 0. The Morgan fingerprint density at radius 3 is 2.61 bits per heavy atom. The highest BCUT2D eigenvalue weighted by molar-refractivity contribution is 6.01. The van der Waals surface area contributed by atoms with E-state index < -0.39 is 11.9 Å². The minimum Gasteiger partial charge on any atom is -0.465 e. The number of amides is 1. The van der Waals surface area contributed by atoms with E-state index in [1.165, 1.54) is 0 Å². The molecule has 0 radical (unpaired) electrons. The lowest BCUT2D eigenvalue weighted by Gasteiger charge is -2.19. The van der Waals surface area contributed by atoms with Gasteiger partial charge in [0.1, 0.15) is 5.92 Å². The summed E-state index contributed by atoms with van der Waals surface area (Å²) < 4.78 is 5.00. The summed E-state index contributed by atoms with van der Waals surface area (Å²) in [6, 6.07) is 9.55. The molecule has 1 aromatic carbocycles. The fraction of sp³-hybridized carbons (Fsp3) is 0.429. The molecule has 1 N–H and O–H groups in total. The summed E-state index contributed by atoms with van der Waals surface area (Å²) in [4.78, 5) is 23.8. The number of esters is 1. The van der Waals surface area contributed by atoms with Crippen molar-refractivity contribution in [3.05, 3.63) is 35.9 Å². The van der Waals surface area contributed by atoms with Crippen molar-refractivity contribution in [3.63, 3.8) is 0 Å². The third kappa shape index (κ3) is 2.23. The van der Waals surface area contributed by atoms with E-state index in [2.05, 4.69) is 5.32 Å². The number of nitrogens with one attached hydrogen (secondary N) is 1. The highest BCUT2D eigenvalue weighted by Crippen LogP contribution is 2.34. The quantitative estimate of drug-likeness (QED) is 0.650. The maximum absolute atomic E-state index is 11.9. The number of benzene rings is 1. The van der Waals surface area contributed by atoms with Gasteiger partial charge in [0, 0.05) is 12.0 Å². The highest BCUT2D eigenvalue weighted by Gasteiger charge is 2.46. The zero-order chi connectivity index (χ0) is 13.1. The zero-order valence-corrected chi connectivity index (χ0v) is 10.6. The van der Waals surface area contributed by atoms with Gasteiger partial charge in [-0.15, -0.1) is 0 Å². The summed E-state index contributed by atoms with van der Waals surface area (Å²) in [6.07, 6.45) is 0. The highest BCUT2D eigenvalue weighted by atomic mass is 16.5. The number of ether oxygens (including phenoxy) is 1. The summed E-state index contributed by atoms with van der Waals surface area (Å²) in [6.45, 7) is 3.94. The molecule has 1 aromatic rings. The topological polar surface area (TPSA) is 55.4 Å². The third-order valence-electron chi connectivity index (χ3n) is 3.28. The number of rotatable bonds is 3. The fourth-order valence-corrected chi connectivity index (χ4v) is 2.50. The van der Waals surface area contributed by atoms with Crippen molar-refractivity contribution in [3.8, 4) is 0 Å². The molecule has 0 bridgehead atoms. The van der Waals surface area contributed by atoms with E-state index in [1.54, 1.807) is 6.92 Å². The first kappa shape index (κ1) is 12.6. The van der Waals surface area contributed by atoms with E-state index in [-0.39, 0.29) is 17.9 Å². The molecule has 0 saturated carbocycles. The molecule has 1 aliphatic heterocycles. The first-order valence-electron chi connectivity index (χ1n) is 6.17. The molecule has 1 saturated heterocycles. The van der Waals surface area contributed by atoms with Crippen LogP contribution in [0.4, 0.5) is 0 Å². The SMILES string of the molecule is CCOC(=O)[C@@H]1C(=O)N[C@@H](C)[C@@H]1c1ccccc1. The Morgan fingerprint density at radius 1 is 1.33 bits per heavy atom. The Balaban J connectivity index is 2.31. The molecule has 4 heteroatoms. The summed E-state index contributed by atoms with van der Waals surface area (Å²) in [5, 5.41) is 2.81. The Hall–Kier alpha value is -1.84. The molecular weight excluding hydrogens is 230 g/mol. The Kier molecular flexibility index (Phi) is 3.65. The van der Waals surface area contributed by atoms with Crippen LogP contribution in [-0.2, 0) is 14.3 Å². The first-order valence-corrected chi connectivity index (χ1v) is 6.17. The second-order valence-corrected chi connectivity index (χ2v) is 4.46. The van der Waals surface area contributed by atoms with Crippen molar-refractivity contribution in [2.45, 2.75) is 25.8 Å². The monoisotopic (exact) mass is 247 g/mol. The van der Waals surface area contributed by atoms with Gasteiger partial charge in [0.2, 0.25) is 5.91 Å². The molecule has 96 valence electrons. The van der Waals surface area contributed by atoms with Crippen LogP contribution in [0.5, 0.6) is 0 Å². The van der Waals surface area contributed by atoms with Gasteiger partial charge in [-0.2, -0.15) is 0 Å². The summed E-state index contributed by atoms with van der Waals surface area (Å²) in [5.74, 6) is -1.57. The zero-order valence-electron chi connectivity index (χ0n) is 10.6. The van der Waals surface area contributed by atoms with Crippen molar-refractivity contribution in [2.75, 3.05) is 6.61 Å². The molecule has 1 amide bonds. The van der Waals surface area contributed by atoms with Crippen LogP contribution in [0, 0.1) is 5.92 Å². The second-order valence-electron chi connectivity index (χ2n) is 4.46. The van der Waals surface area contributed by atoms with Crippen molar-refractivity contribution >= 4 is 11.9 Å². The Morgan fingerprint density at radius 2 is 2.00 bits per heavy atom. The summed E-state index contributed by atoms with van der Waals surface area (Å²) in [5.41, 5.74) is 0.987. The number of hydrogen-bond acceptors (Lipinski definition) is 3. The minimum atomic E-state index is -0.734. The van der Waals surface area contributed by atoms with Crippen LogP contribution < -0.4 is 5.32 Å². The van der Waals surface area contributed by atoms with Gasteiger partial charge < -0.3 is 10.1 Å². The molecule has 4 nitrogen and oxygen atoms in total. The van der Waals surface area contributed by atoms with Crippen molar-refractivity contribution in [2.24, 2.45) is 5.92 Å². The molecule has 1 fully saturated rings. The van der Waals surface area contributed by atoms with Crippen LogP contribution in [0.1, 0.15) is 25.3 Å². The predicted molar refractivity (Wildman–Crippen MR) is 66.9 cm³/mol. The largest absolute Gasteiger partial charge is 0.465 e. The molecule has 18 heavy (non-hydrogen) atoms. The van der Waals surface area contributed by atoms with Gasteiger partial charge in [-0.25, -0.2) is 0 Å². The van der Waals surface area contributed by atoms with E-state index in [1.807, 2.05) is 37.3 Å². The third-order valence-corrected chi connectivity index (χ3v) is 3.28. The molecule has 1 heterocycles. The maximum Gasteiger partial charge on any atom is 0.319 e. The fourth-order valence-electron chi connectivity index (χ4n) is 2.50. The van der Waals surface area contributed by atoms with Crippen LogP contribution in [0.2, 0.25) is 0 Å². The lowest BCUT2D eigenvalue weighted by atomic mass is 9.84. The molecule has 0 aromatic heterocycles. The van der Waals surface area contributed by atoms with E-state index in [0.29, 0.717) is 6.61 Å². The van der Waals surface area contributed by atoms with Crippen LogP contribution in [0.25, 0.3) is 0 Å². The van der Waals surface area contributed by atoms with Gasteiger partial charge in [-0.05, 0) is 19.4 Å². The molecule has 0 unspecified atom stereocenters. The minimum absolute atomic E-state index is 0.0608.